The fourth-order valence-corrected chi connectivity index (χ4v) is 0.837. The molecule has 0 spiro atoms. The minimum Gasteiger partial charge on any atom is -0.389 e. The minimum atomic E-state index is -0.985. The summed E-state index contributed by atoms with van der Waals surface area (Å²) in [5.41, 5.74) is 0.853. The van der Waals surface area contributed by atoms with E-state index in [1.165, 1.54) is 0 Å². The van der Waals surface area contributed by atoms with Crippen LogP contribution in [-0.2, 0) is 7.05 Å². The lowest BCUT2D eigenvalue weighted by atomic mass is 10.4. The molecule has 2 N–H and O–H groups in total. The Bertz CT molecular complexity index is 275. The van der Waals surface area contributed by atoms with Crippen molar-refractivity contribution in [1.82, 2.24) is 15.0 Å². The smallest absolute Gasteiger partial charge is 0.171 e. The van der Waals surface area contributed by atoms with Gasteiger partial charge in [-0.05, 0) is 6.92 Å². The normalized spacial score (nSPS) is 12.9. The molecule has 1 unspecified atom stereocenters. The van der Waals surface area contributed by atoms with E-state index in [9.17, 15) is 4.39 Å². The van der Waals surface area contributed by atoms with Gasteiger partial charge < -0.3 is 10.4 Å². The first kappa shape index (κ1) is 9.91. The van der Waals surface area contributed by atoms with Crippen LogP contribution in [0.25, 0.3) is 0 Å². The number of aromatic nitrogens is 3. The van der Waals surface area contributed by atoms with E-state index in [2.05, 4.69) is 15.6 Å². The van der Waals surface area contributed by atoms with Crippen LogP contribution in [-0.4, -0.2) is 39.4 Å². The number of alkyl halides is 1. The molecule has 6 heteroatoms. The molecule has 0 radical (unpaired) electrons. The first-order chi connectivity index (χ1) is 6.15. The quantitative estimate of drug-likeness (QED) is 0.690. The number of anilines is 1. The van der Waals surface area contributed by atoms with E-state index in [0.29, 0.717) is 5.82 Å². The second-order valence-corrected chi connectivity index (χ2v) is 2.84. The molecule has 0 aliphatic rings. The lowest BCUT2D eigenvalue weighted by Gasteiger charge is -2.06. The molecule has 0 aromatic carbocycles. The van der Waals surface area contributed by atoms with Crippen molar-refractivity contribution in [2.75, 3.05) is 18.5 Å². The van der Waals surface area contributed by atoms with Gasteiger partial charge in [0.25, 0.3) is 0 Å². The molecule has 0 saturated heterocycles. The van der Waals surface area contributed by atoms with Gasteiger partial charge in [-0.1, -0.05) is 5.21 Å². The van der Waals surface area contributed by atoms with Gasteiger partial charge in [-0.15, -0.1) is 5.10 Å². The average Bonchev–Trinajstić information content (AvgIpc) is 2.44. The molecule has 1 atom stereocenters. The van der Waals surface area contributed by atoms with Crippen molar-refractivity contribution in [3.63, 3.8) is 0 Å². The van der Waals surface area contributed by atoms with Crippen molar-refractivity contribution in [2.45, 2.75) is 13.0 Å². The van der Waals surface area contributed by atoms with Gasteiger partial charge in [-0.3, -0.25) is 4.68 Å². The van der Waals surface area contributed by atoms with Gasteiger partial charge in [-0.25, -0.2) is 4.39 Å². The molecule has 1 rings (SSSR count). The fourth-order valence-electron chi connectivity index (χ4n) is 0.837. The first-order valence-corrected chi connectivity index (χ1v) is 3.99. The summed E-state index contributed by atoms with van der Waals surface area (Å²) in [4.78, 5) is 0. The second kappa shape index (κ2) is 4.18. The Labute approximate surface area is 75.6 Å². The summed E-state index contributed by atoms with van der Waals surface area (Å²) >= 11 is 0. The van der Waals surface area contributed by atoms with Crippen molar-refractivity contribution in [1.29, 1.82) is 0 Å². The summed E-state index contributed by atoms with van der Waals surface area (Å²) < 4.78 is 13.5. The summed E-state index contributed by atoms with van der Waals surface area (Å²) in [5.74, 6) is 0.579. The zero-order valence-electron chi connectivity index (χ0n) is 7.66. The Morgan fingerprint density at radius 2 is 2.38 bits per heavy atom. The molecule has 13 heavy (non-hydrogen) atoms. The summed E-state index contributed by atoms with van der Waals surface area (Å²) in [6.45, 7) is 1.23. The predicted octanol–water partition coefficient (Wildman–Crippen LogP) is -0.134. The van der Waals surface area contributed by atoms with Crippen molar-refractivity contribution in [3.05, 3.63) is 5.69 Å². The number of aryl methyl sites for hydroxylation is 1. The number of aliphatic hydroxyl groups excluding tert-OH is 1. The molecule has 74 valence electrons. The summed E-state index contributed by atoms with van der Waals surface area (Å²) in [7, 11) is 1.76. The van der Waals surface area contributed by atoms with Gasteiger partial charge >= 0.3 is 0 Å². The van der Waals surface area contributed by atoms with Gasteiger partial charge in [0, 0.05) is 13.6 Å². The Morgan fingerprint density at radius 3 is 2.85 bits per heavy atom. The maximum absolute atomic E-state index is 11.9. The highest BCUT2D eigenvalue weighted by Crippen LogP contribution is 2.07. The van der Waals surface area contributed by atoms with Crippen LogP contribution in [0.3, 0.4) is 0 Å². The Hall–Kier alpha value is -1.17. The molecule has 0 aliphatic heterocycles. The standard InChI is InChI=1S/C7H13FN4O/c1-5-7(10-11-12(5)2)9-4-6(13)3-8/h6,9,13H,3-4H2,1-2H3. The molecule has 0 amide bonds. The van der Waals surface area contributed by atoms with Crippen LogP contribution in [0.2, 0.25) is 0 Å². The molecule has 0 bridgehead atoms. The summed E-state index contributed by atoms with van der Waals surface area (Å²) in [6.07, 6.45) is -0.985. The molecule has 1 aromatic heterocycles. The van der Waals surface area contributed by atoms with Crippen LogP contribution in [0.15, 0.2) is 0 Å². The van der Waals surface area contributed by atoms with E-state index in [1.807, 2.05) is 6.92 Å². The van der Waals surface area contributed by atoms with Crippen molar-refractivity contribution in [3.8, 4) is 0 Å². The SMILES string of the molecule is Cc1c(NCC(O)CF)nnn1C. The Balaban J connectivity index is 2.50. The van der Waals surface area contributed by atoms with Crippen LogP contribution in [0, 0.1) is 6.92 Å². The minimum absolute atomic E-state index is 0.149. The molecule has 1 heterocycles. The van der Waals surface area contributed by atoms with Gasteiger partial charge in [0.1, 0.15) is 6.67 Å². The van der Waals surface area contributed by atoms with Crippen LogP contribution in [0.5, 0.6) is 0 Å². The topological polar surface area (TPSA) is 63.0 Å². The first-order valence-electron chi connectivity index (χ1n) is 3.99. The Morgan fingerprint density at radius 1 is 1.69 bits per heavy atom. The van der Waals surface area contributed by atoms with E-state index in [1.54, 1.807) is 11.7 Å². The van der Waals surface area contributed by atoms with E-state index in [4.69, 9.17) is 5.11 Å². The van der Waals surface area contributed by atoms with Crippen LogP contribution in [0.1, 0.15) is 5.69 Å². The maximum Gasteiger partial charge on any atom is 0.171 e. The molecule has 0 aliphatic carbocycles. The zero-order valence-corrected chi connectivity index (χ0v) is 7.66. The number of hydrogen-bond acceptors (Lipinski definition) is 4. The monoisotopic (exact) mass is 188 g/mol. The highest BCUT2D eigenvalue weighted by Gasteiger charge is 2.07. The van der Waals surface area contributed by atoms with Gasteiger partial charge in [0.2, 0.25) is 0 Å². The number of nitrogens with one attached hydrogen (secondary N) is 1. The van der Waals surface area contributed by atoms with E-state index >= 15 is 0 Å². The van der Waals surface area contributed by atoms with E-state index in [-0.39, 0.29) is 6.54 Å². The number of halogens is 1. The van der Waals surface area contributed by atoms with Gasteiger partial charge in [-0.2, -0.15) is 0 Å². The van der Waals surface area contributed by atoms with Gasteiger partial charge in [0.15, 0.2) is 5.82 Å². The third kappa shape index (κ3) is 2.38. The molecule has 0 fully saturated rings. The highest BCUT2D eigenvalue weighted by atomic mass is 19.1. The lowest BCUT2D eigenvalue weighted by molar-refractivity contribution is 0.151. The number of nitrogens with zero attached hydrogens (tertiary/aromatic N) is 3. The van der Waals surface area contributed by atoms with Crippen LogP contribution >= 0.6 is 0 Å². The third-order valence-electron chi connectivity index (χ3n) is 1.79. The largest absolute Gasteiger partial charge is 0.389 e. The van der Waals surface area contributed by atoms with Crippen LogP contribution < -0.4 is 5.32 Å². The fraction of sp³-hybridized carbons (Fsp3) is 0.714. The third-order valence-corrected chi connectivity index (χ3v) is 1.79. The molecule has 5 nitrogen and oxygen atoms in total. The van der Waals surface area contributed by atoms with E-state index in [0.717, 1.165) is 5.69 Å². The van der Waals surface area contributed by atoms with Crippen molar-refractivity contribution < 1.29 is 9.50 Å². The predicted molar refractivity (Wildman–Crippen MR) is 46.2 cm³/mol. The summed E-state index contributed by atoms with van der Waals surface area (Å²) in [5, 5.41) is 19.3. The lowest BCUT2D eigenvalue weighted by Crippen LogP contribution is -2.21. The van der Waals surface area contributed by atoms with Gasteiger partial charge in [0.05, 0.1) is 11.8 Å². The maximum atomic E-state index is 11.9. The number of hydrogen-bond donors (Lipinski definition) is 2. The molecule has 1 aromatic rings. The van der Waals surface area contributed by atoms with Crippen molar-refractivity contribution >= 4 is 5.82 Å². The van der Waals surface area contributed by atoms with Crippen LogP contribution in [0.4, 0.5) is 10.2 Å². The number of rotatable bonds is 4. The second-order valence-electron chi connectivity index (χ2n) is 2.84. The zero-order chi connectivity index (χ0) is 9.84. The average molecular weight is 188 g/mol. The molecule has 0 saturated carbocycles. The Kier molecular flexibility index (Phi) is 3.18. The molecular weight excluding hydrogens is 175 g/mol. The summed E-state index contributed by atoms with van der Waals surface area (Å²) in [6, 6.07) is 0. The number of aliphatic hydroxyl groups is 1. The molecular formula is C7H13FN4O. The van der Waals surface area contributed by atoms with Crippen molar-refractivity contribution in [2.24, 2.45) is 7.05 Å². The highest BCUT2D eigenvalue weighted by molar-refractivity contribution is 5.38. The van der Waals surface area contributed by atoms with E-state index < -0.39 is 12.8 Å².